The van der Waals surface area contributed by atoms with Gasteiger partial charge in [0.2, 0.25) is 0 Å². The molecule has 1 heterocycles. The van der Waals surface area contributed by atoms with Crippen molar-refractivity contribution in [2.45, 2.75) is 32.9 Å². The van der Waals surface area contributed by atoms with Gasteiger partial charge in [0.1, 0.15) is 11.6 Å². The van der Waals surface area contributed by atoms with Gasteiger partial charge in [-0.15, -0.1) is 0 Å². The molecule has 0 amide bonds. The standard InChI is InChI=1S/C10H16FN3/c1-10(2,3)14-9-7(5-12)4-8(11)6-13-9/h4,6H,5,12H2,1-3H3,(H,13,14). The lowest BCUT2D eigenvalue weighted by Crippen LogP contribution is -2.27. The first-order valence-corrected chi connectivity index (χ1v) is 4.55. The fourth-order valence-electron chi connectivity index (χ4n) is 1.10. The van der Waals surface area contributed by atoms with Crippen molar-refractivity contribution in [3.8, 4) is 0 Å². The van der Waals surface area contributed by atoms with Gasteiger partial charge in [-0.2, -0.15) is 0 Å². The van der Waals surface area contributed by atoms with E-state index in [0.717, 1.165) is 0 Å². The zero-order valence-corrected chi connectivity index (χ0v) is 8.76. The minimum absolute atomic E-state index is 0.102. The molecular formula is C10H16FN3. The predicted octanol–water partition coefficient (Wildman–Crippen LogP) is 1.89. The van der Waals surface area contributed by atoms with Crippen LogP contribution in [0.25, 0.3) is 0 Å². The molecule has 0 fully saturated rings. The largest absolute Gasteiger partial charge is 0.365 e. The van der Waals surface area contributed by atoms with Crippen molar-refractivity contribution in [2.75, 3.05) is 5.32 Å². The van der Waals surface area contributed by atoms with Gasteiger partial charge in [-0.1, -0.05) is 0 Å². The van der Waals surface area contributed by atoms with Crippen LogP contribution < -0.4 is 11.1 Å². The molecule has 0 bridgehead atoms. The molecule has 0 aliphatic carbocycles. The van der Waals surface area contributed by atoms with E-state index in [-0.39, 0.29) is 17.9 Å². The highest BCUT2D eigenvalue weighted by atomic mass is 19.1. The van der Waals surface area contributed by atoms with E-state index in [9.17, 15) is 4.39 Å². The van der Waals surface area contributed by atoms with Crippen LogP contribution in [0.2, 0.25) is 0 Å². The summed E-state index contributed by atoms with van der Waals surface area (Å²) in [5.41, 5.74) is 6.08. The van der Waals surface area contributed by atoms with Crippen molar-refractivity contribution < 1.29 is 4.39 Å². The third kappa shape index (κ3) is 2.96. The number of nitrogens with two attached hydrogens (primary N) is 1. The van der Waals surface area contributed by atoms with Gasteiger partial charge < -0.3 is 11.1 Å². The number of nitrogens with one attached hydrogen (secondary N) is 1. The van der Waals surface area contributed by atoms with Crippen LogP contribution in [0.3, 0.4) is 0 Å². The van der Waals surface area contributed by atoms with Gasteiger partial charge in [0.25, 0.3) is 0 Å². The van der Waals surface area contributed by atoms with Crippen LogP contribution in [0.15, 0.2) is 12.3 Å². The highest BCUT2D eigenvalue weighted by Gasteiger charge is 2.13. The number of halogens is 1. The van der Waals surface area contributed by atoms with E-state index in [1.54, 1.807) is 0 Å². The molecule has 1 aromatic rings. The van der Waals surface area contributed by atoms with E-state index < -0.39 is 0 Å². The molecule has 0 saturated carbocycles. The molecule has 4 heteroatoms. The topological polar surface area (TPSA) is 50.9 Å². The van der Waals surface area contributed by atoms with Gasteiger partial charge in [-0.05, 0) is 26.8 Å². The maximum atomic E-state index is 12.8. The van der Waals surface area contributed by atoms with Crippen molar-refractivity contribution in [3.63, 3.8) is 0 Å². The van der Waals surface area contributed by atoms with Crippen molar-refractivity contribution in [2.24, 2.45) is 5.73 Å². The summed E-state index contributed by atoms with van der Waals surface area (Å²) in [6.45, 7) is 6.32. The number of rotatable bonds is 2. The van der Waals surface area contributed by atoms with Crippen LogP contribution in [0, 0.1) is 5.82 Å². The van der Waals surface area contributed by atoms with E-state index in [0.29, 0.717) is 11.4 Å². The Morgan fingerprint density at radius 2 is 2.14 bits per heavy atom. The van der Waals surface area contributed by atoms with Gasteiger partial charge >= 0.3 is 0 Å². The molecule has 0 aromatic carbocycles. The number of pyridine rings is 1. The fraction of sp³-hybridized carbons (Fsp3) is 0.500. The average Bonchev–Trinajstić information content (AvgIpc) is 2.06. The smallest absolute Gasteiger partial charge is 0.141 e. The van der Waals surface area contributed by atoms with E-state index in [2.05, 4.69) is 10.3 Å². The third-order valence-electron chi connectivity index (χ3n) is 1.65. The molecule has 1 aromatic heterocycles. The minimum Gasteiger partial charge on any atom is -0.365 e. The maximum Gasteiger partial charge on any atom is 0.141 e. The lowest BCUT2D eigenvalue weighted by Gasteiger charge is -2.22. The van der Waals surface area contributed by atoms with Crippen LogP contribution in [0.1, 0.15) is 26.3 Å². The number of aromatic nitrogens is 1. The van der Waals surface area contributed by atoms with Crippen LogP contribution >= 0.6 is 0 Å². The SMILES string of the molecule is CC(C)(C)Nc1ncc(F)cc1CN. The first-order chi connectivity index (χ1) is 6.42. The van der Waals surface area contributed by atoms with Gasteiger partial charge in [0, 0.05) is 17.6 Å². The molecule has 3 nitrogen and oxygen atoms in total. The summed E-state index contributed by atoms with van der Waals surface area (Å²) < 4.78 is 12.8. The number of nitrogens with zero attached hydrogens (tertiary/aromatic N) is 1. The predicted molar refractivity (Wildman–Crippen MR) is 55.5 cm³/mol. The molecule has 0 spiro atoms. The Balaban J connectivity index is 2.97. The normalized spacial score (nSPS) is 11.5. The Morgan fingerprint density at radius 1 is 1.50 bits per heavy atom. The van der Waals surface area contributed by atoms with E-state index in [1.165, 1.54) is 12.3 Å². The van der Waals surface area contributed by atoms with Gasteiger partial charge in [-0.25, -0.2) is 9.37 Å². The van der Waals surface area contributed by atoms with Crippen molar-refractivity contribution >= 4 is 5.82 Å². The summed E-state index contributed by atoms with van der Waals surface area (Å²) in [4.78, 5) is 3.97. The molecule has 0 atom stereocenters. The van der Waals surface area contributed by atoms with Gasteiger partial charge in [0.05, 0.1) is 6.20 Å². The van der Waals surface area contributed by atoms with Crippen molar-refractivity contribution in [3.05, 3.63) is 23.6 Å². The zero-order chi connectivity index (χ0) is 10.8. The van der Waals surface area contributed by atoms with E-state index >= 15 is 0 Å². The summed E-state index contributed by atoms with van der Waals surface area (Å²) in [7, 11) is 0. The highest BCUT2D eigenvalue weighted by molar-refractivity contribution is 5.45. The Kier molecular flexibility index (Phi) is 3.06. The maximum absolute atomic E-state index is 12.8. The second kappa shape index (κ2) is 3.92. The molecule has 0 unspecified atom stereocenters. The third-order valence-corrected chi connectivity index (χ3v) is 1.65. The van der Waals surface area contributed by atoms with Crippen LogP contribution in [0.5, 0.6) is 0 Å². The van der Waals surface area contributed by atoms with Gasteiger partial charge in [0.15, 0.2) is 0 Å². The number of anilines is 1. The molecule has 78 valence electrons. The Morgan fingerprint density at radius 3 is 2.64 bits per heavy atom. The van der Waals surface area contributed by atoms with Gasteiger partial charge in [-0.3, -0.25) is 0 Å². The molecule has 0 aliphatic rings. The summed E-state index contributed by atoms with van der Waals surface area (Å²) in [6.07, 6.45) is 1.19. The second-order valence-corrected chi connectivity index (χ2v) is 4.24. The second-order valence-electron chi connectivity index (χ2n) is 4.24. The van der Waals surface area contributed by atoms with Crippen LogP contribution in [-0.4, -0.2) is 10.5 Å². The minimum atomic E-state index is -0.357. The van der Waals surface area contributed by atoms with Crippen LogP contribution in [0.4, 0.5) is 10.2 Å². The zero-order valence-electron chi connectivity index (χ0n) is 8.76. The molecule has 0 saturated heterocycles. The summed E-state index contributed by atoms with van der Waals surface area (Å²) in [6, 6.07) is 1.40. The Hall–Kier alpha value is -1.16. The molecule has 14 heavy (non-hydrogen) atoms. The monoisotopic (exact) mass is 197 g/mol. The van der Waals surface area contributed by atoms with E-state index in [1.807, 2.05) is 20.8 Å². The average molecular weight is 197 g/mol. The van der Waals surface area contributed by atoms with E-state index in [4.69, 9.17) is 5.73 Å². The van der Waals surface area contributed by atoms with Crippen molar-refractivity contribution in [1.82, 2.24) is 4.98 Å². The Labute approximate surface area is 83.5 Å². The molecule has 0 radical (unpaired) electrons. The molecule has 1 rings (SSSR count). The molecule has 0 aliphatic heterocycles. The summed E-state index contributed by atoms with van der Waals surface area (Å²) >= 11 is 0. The molecule has 3 N–H and O–H groups in total. The highest BCUT2D eigenvalue weighted by Crippen LogP contribution is 2.17. The fourth-order valence-corrected chi connectivity index (χ4v) is 1.10. The van der Waals surface area contributed by atoms with Crippen molar-refractivity contribution in [1.29, 1.82) is 0 Å². The lowest BCUT2D eigenvalue weighted by atomic mass is 10.1. The first-order valence-electron chi connectivity index (χ1n) is 4.55. The summed E-state index contributed by atoms with van der Waals surface area (Å²) in [5.74, 6) is 0.298. The number of hydrogen-bond donors (Lipinski definition) is 2. The Bertz CT molecular complexity index is 318. The molecular weight excluding hydrogens is 181 g/mol. The number of hydrogen-bond acceptors (Lipinski definition) is 3. The summed E-state index contributed by atoms with van der Waals surface area (Å²) in [5, 5.41) is 3.17. The lowest BCUT2D eigenvalue weighted by molar-refractivity contribution is 0.609. The van der Waals surface area contributed by atoms with Crippen LogP contribution in [-0.2, 0) is 6.54 Å². The first kappa shape index (κ1) is 10.9. The quantitative estimate of drug-likeness (QED) is 0.761.